The highest BCUT2D eigenvalue weighted by Gasteiger charge is 2.14. The molecule has 2 aromatic rings. The summed E-state index contributed by atoms with van der Waals surface area (Å²) >= 11 is 4.53. The zero-order valence-electron chi connectivity index (χ0n) is 10.8. The van der Waals surface area contributed by atoms with Crippen LogP contribution in [0.5, 0.6) is 0 Å². The van der Waals surface area contributed by atoms with Gasteiger partial charge in [-0.25, -0.2) is 4.39 Å². The highest BCUT2D eigenvalue weighted by molar-refractivity contribution is 9.10. The summed E-state index contributed by atoms with van der Waals surface area (Å²) in [4.78, 5) is 12.0. The molecule has 0 saturated carbocycles. The minimum Gasteiger partial charge on any atom is -0.296 e. The lowest BCUT2D eigenvalue weighted by Crippen LogP contribution is -2.13. The number of aromatic nitrogens is 2. The van der Waals surface area contributed by atoms with Gasteiger partial charge in [-0.3, -0.25) is 10.1 Å². The van der Waals surface area contributed by atoms with Gasteiger partial charge in [0, 0.05) is 10.9 Å². The number of hydrogen-bond acceptors (Lipinski definition) is 4. The number of carbonyl (C=O) groups is 1. The fraction of sp³-hybridized carbons (Fsp3) is 0.308. The first-order valence-electron chi connectivity index (χ1n) is 6.19. The number of amides is 1. The van der Waals surface area contributed by atoms with Gasteiger partial charge in [-0.2, -0.15) is 0 Å². The van der Waals surface area contributed by atoms with Gasteiger partial charge in [-0.1, -0.05) is 40.6 Å². The van der Waals surface area contributed by atoms with Gasteiger partial charge in [-0.15, -0.1) is 10.2 Å². The monoisotopic (exact) mass is 357 g/mol. The largest absolute Gasteiger partial charge is 0.296 e. The van der Waals surface area contributed by atoms with E-state index in [9.17, 15) is 9.18 Å². The number of hydrogen-bond donors (Lipinski definition) is 1. The number of nitrogens with zero attached hydrogens (tertiary/aromatic N) is 2. The van der Waals surface area contributed by atoms with Crippen LogP contribution in [0.3, 0.4) is 0 Å². The Bertz CT molecular complexity index is 617. The molecule has 0 radical (unpaired) electrons. The van der Waals surface area contributed by atoms with Gasteiger partial charge in [0.1, 0.15) is 10.8 Å². The SMILES string of the molecule is CCCCc1nnc(NC(=O)c2cc(Br)ccc2F)s1. The number of rotatable bonds is 5. The van der Waals surface area contributed by atoms with E-state index in [1.807, 2.05) is 0 Å². The summed E-state index contributed by atoms with van der Waals surface area (Å²) in [6.45, 7) is 2.10. The molecule has 4 nitrogen and oxygen atoms in total. The molecule has 0 fully saturated rings. The Morgan fingerprint density at radius 3 is 3.00 bits per heavy atom. The van der Waals surface area contributed by atoms with E-state index in [1.165, 1.54) is 23.5 Å². The van der Waals surface area contributed by atoms with E-state index in [1.54, 1.807) is 6.07 Å². The Balaban J connectivity index is 2.07. The van der Waals surface area contributed by atoms with Gasteiger partial charge in [0.2, 0.25) is 5.13 Å². The predicted octanol–water partition coefficient (Wildman–Crippen LogP) is 4.03. The maximum Gasteiger partial charge on any atom is 0.260 e. The van der Waals surface area contributed by atoms with Crippen molar-refractivity contribution in [2.45, 2.75) is 26.2 Å². The van der Waals surface area contributed by atoms with Gasteiger partial charge in [0.25, 0.3) is 5.91 Å². The summed E-state index contributed by atoms with van der Waals surface area (Å²) in [6, 6.07) is 4.22. The molecule has 20 heavy (non-hydrogen) atoms. The molecule has 0 unspecified atom stereocenters. The van der Waals surface area contributed by atoms with Crippen LogP contribution in [0.25, 0.3) is 0 Å². The summed E-state index contributed by atoms with van der Waals surface area (Å²) in [7, 11) is 0. The summed E-state index contributed by atoms with van der Waals surface area (Å²) in [5, 5.41) is 11.7. The normalized spacial score (nSPS) is 10.6. The topological polar surface area (TPSA) is 54.9 Å². The van der Waals surface area contributed by atoms with Crippen LogP contribution in [-0.2, 0) is 6.42 Å². The molecule has 0 atom stereocenters. The molecule has 1 N–H and O–H groups in total. The molecule has 0 saturated heterocycles. The average Bonchev–Trinajstić information content (AvgIpc) is 2.86. The zero-order chi connectivity index (χ0) is 14.5. The van der Waals surface area contributed by atoms with Crippen LogP contribution >= 0.6 is 27.3 Å². The smallest absolute Gasteiger partial charge is 0.260 e. The van der Waals surface area contributed by atoms with Crippen molar-refractivity contribution < 1.29 is 9.18 Å². The highest BCUT2D eigenvalue weighted by Crippen LogP contribution is 2.20. The molecule has 0 aliphatic heterocycles. The van der Waals surface area contributed by atoms with Crippen molar-refractivity contribution in [3.8, 4) is 0 Å². The van der Waals surface area contributed by atoms with E-state index >= 15 is 0 Å². The van der Waals surface area contributed by atoms with Gasteiger partial charge in [-0.05, 0) is 24.6 Å². The summed E-state index contributed by atoms with van der Waals surface area (Å²) < 4.78 is 14.2. The van der Waals surface area contributed by atoms with E-state index in [-0.39, 0.29) is 5.56 Å². The van der Waals surface area contributed by atoms with Crippen molar-refractivity contribution >= 4 is 38.3 Å². The molecule has 1 amide bonds. The average molecular weight is 358 g/mol. The zero-order valence-corrected chi connectivity index (χ0v) is 13.2. The number of unbranched alkanes of at least 4 members (excludes halogenated alkanes) is 1. The number of anilines is 1. The fourth-order valence-electron chi connectivity index (χ4n) is 1.57. The Morgan fingerprint density at radius 1 is 1.45 bits per heavy atom. The maximum absolute atomic E-state index is 13.6. The molecule has 106 valence electrons. The second kappa shape index (κ2) is 6.90. The van der Waals surface area contributed by atoms with E-state index in [4.69, 9.17) is 0 Å². The van der Waals surface area contributed by atoms with Crippen molar-refractivity contribution in [2.24, 2.45) is 0 Å². The Labute approximate surface area is 128 Å². The molecular weight excluding hydrogens is 345 g/mol. The van der Waals surface area contributed by atoms with Gasteiger partial charge < -0.3 is 0 Å². The minimum atomic E-state index is -0.568. The highest BCUT2D eigenvalue weighted by atomic mass is 79.9. The first-order valence-corrected chi connectivity index (χ1v) is 7.80. The third kappa shape index (κ3) is 3.83. The maximum atomic E-state index is 13.6. The van der Waals surface area contributed by atoms with Crippen LogP contribution in [0, 0.1) is 5.82 Å². The molecule has 7 heteroatoms. The molecule has 2 rings (SSSR count). The summed E-state index contributed by atoms with van der Waals surface area (Å²) in [5.74, 6) is -1.09. The van der Waals surface area contributed by atoms with Crippen LogP contribution in [0.15, 0.2) is 22.7 Å². The van der Waals surface area contributed by atoms with E-state index in [0.717, 1.165) is 24.3 Å². The Morgan fingerprint density at radius 2 is 2.25 bits per heavy atom. The Hall–Kier alpha value is -1.34. The first kappa shape index (κ1) is 15.1. The van der Waals surface area contributed by atoms with E-state index < -0.39 is 11.7 Å². The summed E-state index contributed by atoms with van der Waals surface area (Å²) in [5.41, 5.74) is -0.0234. The number of nitrogens with one attached hydrogen (secondary N) is 1. The van der Waals surface area contributed by atoms with Crippen LogP contribution in [0.2, 0.25) is 0 Å². The fourth-order valence-corrected chi connectivity index (χ4v) is 2.71. The van der Waals surface area contributed by atoms with Gasteiger partial charge in [0.15, 0.2) is 0 Å². The van der Waals surface area contributed by atoms with E-state index in [0.29, 0.717) is 9.60 Å². The number of aryl methyl sites for hydroxylation is 1. The van der Waals surface area contributed by atoms with E-state index in [2.05, 4.69) is 38.4 Å². The number of benzene rings is 1. The molecule has 1 aromatic carbocycles. The lowest BCUT2D eigenvalue weighted by atomic mass is 10.2. The lowest BCUT2D eigenvalue weighted by molar-refractivity contribution is 0.102. The second-order valence-electron chi connectivity index (χ2n) is 4.18. The molecule has 0 bridgehead atoms. The molecular formula is C13H13BrFN3OS. The molecule has 0 spiro atoms. The number of halogens is 2. The van der Waals surface area contributed by atoms with Gasteiger partial charge >= 0.3 is 0 Å². The molecule has 1 aromatic heterocycles. The molecule has 1 heterocycles. The van der Waals surface area contributed by atoms with Crippen LogP contribution in [0.1, 0.15) is 35.1 Å². The predicted molar refractivity (Wildman–Crippen MR) is 80.6 cm³/mol. The molecule has 0 aliphatic rings. The lowest BCUT2D eigenvalue weighted by Gasteiger charge is -2.03. The molecule has 0 aliphatic carbocycles. The second-order valence-corrected chi connectivity index (χ2v) is 6.16. The van der Waals surface area contributed by atoms with Crippen LogP contribution in [0.4, 0.5) is 9.52 Å². The van der Waals surface area contributed by atoms with Crippen LogP contribution in [-0.4, -0.2) is 16.1 Å². The van der Waals surface area contributed by atoms with Crippen molar-refractivity contribution in [1.29, 1.82) is 0 Å². The van der Waals surface area contributed by atoms with Crippen molar-refractivity contribution in [3.05, 3.63) is 39.1 Å². The number of carbonyl (C=O) groups excluding carboxylic acids is 1. The van der Waals surface area contributed by atoms with Crippen molar-refractivity contribution in [1.82, 2.24) is 10.2 Å². The first-order chi connectivity index (χ1) is 9.60. The minimum absolute atomic E-state index is 0.0234. The third-order valence-electron chi connectivity index (χ3n) is 2.60. The van der Waals surface area contributed by atoms with Crippen molar-refractivity contribution in [3.63, 3.8) is 0 Å². The summed E-state index contributed by atoms with van der Waals surface area (Å²) in [6.07, 6.45) is 2.95. The Kier molecular flexibility index (Phi) is 5.19. The van der Waals surface area contributed by atoms with Crippen molar-refractivity contribution in [2.75, 3.05) is 5.32 Å². The quantitative estimate of drug-likeness (QED) is 0.878. The third-order valence-corrected chi connectivity index (χ3v) is 4.00. The van der Waals surface area contributed by atoms with Crippen LogP contribution < -0.4 is 5.32 Å². The standard InChI is InChI=1S/C13H13BrFN3OS/c1-2-3-4-11-17-18-13(20-11)16-12(19)9-7-8(14)5-6-10(9)15/h5-7H,2-4H2,1H3,(H,16,18,19). The van der Waals surface area contributed by atoms with Gasteiger partial charge in [0.05, 0.1) is 5.56 Å².